The van der Waals surface area contributed by atoms with Crippen molar-refractivity contribution >= 4 is 5.91 Å². The molecule has 2 heterocycles. The number of fused-ring (bicyclic) bond motifs is 2. The summed E-state index contributed by atoms with van der Waals surface area (Å²) < 4.78 is 5.91. The van der Waals surface area contributed by atoms with Gasteiger partial charge in [0.15, 0.2) is 0 Å². The molecule has 24 heavy (non-hydrogen) atoms. The SMILES string of the molecule is NC(=O)C1Cc2ccc3cc2CN1CCNCCCCCCCO3. The van der Waals surface area contributed by atoms with E-state index in [9.17, 15) is 4.79 Å². The highest BCUT2D eigenvalue weighted by Gasteiger charge is 2.29. The van der Waals surface area contributed by atoms with Gasteiger partial charge in [-0.05, 0) is 49.1 Å². The summed E-state index contributed by atoms with van der Waals surface area (Å²) in [6.07, 6.45) is 6.79. The van der Waals surface area contributed by atoms with Gasteiger partial charge in [0.2, 0.25) is 5.91 Å². The molecule has 3 N–H and O–H groups in total. The van der Waals surface area contributed by atoms with Crippen LogP contribution >= 0.6 is 0 Å². The van der Waals surface area contributed by atoms with E-state index in [1.165, 1.54) is 36.8 Å². The van der Waals surface area contributed by atoms with Crippen LogP contribution in [0.3, 0.4) is 0 Å². The minimum absolute atomic E-state index is 0.204. The summed E-state index contributed by atoms with van der Waals surface area (Å²) in [5.41, 5.74) is 8.12. The Hall–Kier alpha value is -1.59. The maximum atomic E-state index is 11.9. The van der Waals surface area contributed by atoms with Crippen molar-refractivity contribution in [2.24, 2.45) is 5.73 Å². The lowest BCUT2D eigenvalue weighted by Gasteiger charge is -2.35. The van der Waals surface area contributed by atoms with Crippen LogP contribution in [0.1, 0.15) is 43.2 Å². The number of benzene rings is 1. The highest BCUT2D eigenvalue weighted by Crippen LogP contribution is 2.27. The Labute approximate surface area is 144 Å². The summed E-state index contributed by atoms with van der Waals surface area (Å²) in [6.45, 7) is 4.34. The molecule has 1 amide bonds. The number of nitrogens with zero attached hydrogens (tertiary/aromatic N) is 1. The zero-order chi connectivity index (χ0) is 16.8. The second-order valence-electron chi connectivity index (χ2n) is 6.89. The second kappa shape index (κ2) is 8.49. The molecule has 3 rings (SSSR count). The lowest BCUT2D eigenvalue weighted by atomic mass is 9.93. The lowest BCUT2D eigenvalue weighted by Crippen LogP contribution is -2.50. The van der Waals surface area contributed by atoms with Crippen LogP contribution < -0.4 is 15.8 Å². The molecular weight excluding hydrogens is 302 g/mol. The first-order valence-corrected chi connectivity index (χ1v) is 9.23. The standard InChI is InChI=1S/C19H29N3O2/c20-19(23)18-13-15-6-7-17-12-16(15)14-22(18)10-9-21-8-4-2-1-3-5-11-24-17/h6-7,12,18,21H,1-5,8-11,13-14H2,(H2,20,23). The molecule has 0 fully saturated rings. The van der Waals surface area contributed by atoms with Gasteiger partial charge in [-0.2, -0.15) is 0 Å². The van der Waals surface area contributed by atoms with Crippen LogP contribution in [0.25, 0.3) is 0 Å². The van der Waals surface area contributed by atoms with Crippen LogP contribution in [-0.2, 0) is 17.8 Å². The van der Waals surface area contributed by atoms with E-state index >= 15 is 0 Å². The minimum Gasteiger partial charge on any atom is -0.494 e. The molecule has 0 aliphatic carbocycles. The van der Waals surface area contributed by atoms with E-state index < -0.39 is 0 Å². The van der Waals surface area contributed by atoms with Crippen molar-refractivity contribution in [1.82, 2.24) is 10.2 Å². The van der Waals surface area contributed by atoms with Crippen molar-refractivity contribution in [2.75, 3.05) is 26.2 Å². The number of rotatable bonds is 1. The Morgan fingerprint density at radius 1 is 1.12 bits per heavy atom. The first-order valence-electron chi connectivity index (χ1n) is 9.23. The summed E-state index contributed by atoms with van der Waals surface area (Å²) >= 11 is 0. The number of nitrogens with two attached hydrogens (primary N) is 1. The highest BCUT2D eigenvalue weighted by atomic mass is 16.5. The van der Waals surface area contributed by atoms with E-state index in [4.69, 9.17) is 10.5 Å². The van der Waals surface area contributed by atoms with Gasteiger partial charge in [-0.25, -0.2) is 0 Å². The van der Waals surface area contributed by atoms with Crippen LogP contribution in [-0.4, -0.2) is 43.1 Å². The van der Waals surface area contributed by atoms with Crippen molar-refractivity contribution in [3.8, 4) is 5.75 Å². The lowest BCUT2D eigenvalue weighted by molar-refractivity contribution is -0.123. The van der Waals surface area contributed by atoms with E-state index in [1.54, 1.807) is 0 Å². The zero-order valence-corrected chi connectivity index (χ0v) is 14.4. The molecule has 0 saturated heterocycles. The van der Waals surface area contributed by atoms with Gasteiger partial charge in [0.1, 0.15) is 5.75 Å². The third-order valence-electron chi connectivity index (χ3n) is 5.08. The fraction of sp³-hybridized carbons (Fsp3) is 0.632. The molecule has 5 nitrogen and oxygen atoms in total. The van der Waals surface area contributed by atoms with Crippen molar-refractivity contribution < 1.29 is 9.53 Å². The molecule has 1 aromatic carbocycles. The third kappa shape index (κ3) is 4.48. The predicted molar refractivity (Wildman–Crippen MR) is 95.0 cm³/mol. The van der Waals surface area contributed by atoms with Gasteiger partial charge >= 0.3 is 0 Å². The molecule has 132 valence electrons. The molecule has 1 aromatic rings. The summed E-state index contributed by atoms with van der Waals surface area (Å²) in [6, 6.07) is 6.06. The molecule has 3 bridgehead atoms. The molecule has 2 atom stereocenters. The second-order valence-corrected chi connectivity index (χ2v) is 6.89. The van der Waals surface area contributed by atoms with Crippen molar-refractivity contribution in [3.05, 3.63) is 29.3 Å². The van der Waals surface area contributed by atoms with Gasteiger partial charge < -0.3 is 15.8 Å². The molecule has 0 aromatic heterocycles. The molecule has 2 aliphatic rings. The molecule has 0 saturated carbocycles. The summed E-state index contributed by atoms with van der Waals surface area (Å²) in [7, 11) is 0. The summed E-state index contributed by atoms with van der Waals surface area (Å²) in [5.74, 6) is 0.715. The van der Waals surface area contributed by atoms with Gasteiger partial charge in [0.25, 0.3) is 0 Å². The number of carbonyl (C=O) groups excluding carboxylic acids is 1. The van der Waals surface area contributed by atoms with Crippen LogP contribution in [0.4, 0.5) is 0 Å². The number of primary amides is 1. The highest BCUT2D eigenvalue weighted by molar-refractivity contribution is 5.80. The first-order chi connectivity index (χ1) is 11.7. The van der Waals surface area contributed by atoms with Crippen LogP contribution in [0.15, 0.2) is 18.2 Å². The van der Waals surface area contributed by atoms with Crippen LogP contribution in [0.2, 0.25) is 0 Å². The molecule has 0 radical (unpaired) electrons. The number of carbonyl (C=O) groups is 1. The number of hydrogen-bond donors (Lipinski definition) is 2. The minimum atomic E-state index is -0.226. The monoisotopic (exact) mass is 331 g/mol. The molecular formula is C19H29N3O2. The maximum Gasteiger partial charge on any atom is 0.235 e. The van der Waals surface area contributed by atoms with Crippen molar-refractivity contribution in [1.29, 1.82) is 0 Å². The maximum absolute atomic E-state index is 11.9. The van der Waals surface area contributed by atoms with E-state index in [2.05, 4.69) is 22.3 Å². The van der Waals surface area contributed by atoms with Gasteiger partial charge in [-0.1, -0.05) is 25.3 Å². The Morgan fingerprint density at radius 3 is 2.83 bits per heavy atom. The Bertz CT molecular complexity index is 562. The number of hydrogen-bond acceptors (Lipinski definition) is 4. The molecule has 0 spiro atoms. The van der Waals surface area contributed by atoms with Crippen LogP contribution in [0.5, 0.6) is 5.75 Å². The number of ether oxygens (including phenoxy) is 1. The zero-order valence-electron chi connectivity index (χ0n) is 14.4. The normalized spacial score (nSPS) is 25.8. The van der Waals surface area contributed by atoms with E-state index in [0.29, 0.717) is 6.42 Å². The summed E-state index contributed by atoms with van der Waals surface area (Å²) in [4.78, 5) is 14.1. The Morgan fingerprint density at radius 2 is 1.96 bits per heavy atom. The van der Waals surface area contributed by atoms with Crippen LogP contribution in [0, 0.1) is 0 Å². The van der Waals surface area contributed by atoms with Gasteiger partial charge in [0, 0.05) is 19.6 Å². The van der Waals surface area contributed by atoms with E-state index in [0.717, 1.165) is 45.0 Å². The van der Waals surface area contributed by atoms with Crippen molar-refractivity contribution in [2.45, 2.75) is 51.1 Å². The van der Waals surface area contributed by atoms with E-state index in [-0.39, 0.29) is 11.9 Å². The first kappa shape index (κ1) is 17.2. The average Bonchev–Trinajstić information content (AvgIpc) is 2.57. The molecule has 2 unspecified atom stereocenters. The van der Waals surface area contributed by atoms with Crippen molar-refractivity contribution in [3.63, 3.8) is 0 Å². The largest absolute Gasteiger partial charge is 0.494 e. The average molecular weight is 331 g/mol. The molecule has 2 aliphatic heterocycles. The third-order valence-corrected chi connectivity index (χ3v) is 5.08. The smallest absolute Gasteiger partial charge is 0.235 e. The Balaban J connectivity index is 1.75. The van der Waals surface area contributed by atoms with Gasteiger partial charge in [0.05, 0.1) is 12.6 Å². The fourth-order valence-corrected chi connectivity index (χ4v) is 3.64. The van der Waals surface area contributed by atoms with Gasteiger partial charge in [-0.15, -0.1) is 0 Å². The van der Waals surface area contributed by atoms with Gasteiger partial charge in [-0.3, -0.25) is 9.69 Å². The number of amides is 1. The Kier molecular flexibility index (Phi) is 6.10. The quantitative estimate of drug-likeness (QED) is 0.824. The molecule has 5 heteroatoms. The fourth-order valence-electron chi connectivity index (χ4n) is 3.64. The number of nitrogens with one attached hydrogen (secondary N) is 1. The summed E-state index contributed by atoms with van der Waals surface area (Å²) in [5, 5.41) is 3.50. The predicted octanol–water partition coefficient (Wildman–Crippen LogP) is 1.83. The van der Waals surface area contributed by atoms with E-state index in [1.807, 2.05) is 6.07 Å². The topological polar surface area (TPSA) is 67.6 Å².